The number of nitriles is 1. The molecule has 38 heavy (non-hydrogen) atoms. The van der Waals surface area contributed by atoms with Crippen molar-refractivity contribution in [1.82, 2.24) is 9.78 Å². The van der Waals surface area contributed by atoms with Crippen LogP contribution in [0, 0.1) is 11.3 Å². The van der Waals surface area contributed by atoms with Crippen LogP contribution in [0.5, 0.6) is 0 Å². The summed E-state index contributed by atoms with van der Waals surface area (Å²) in [5, 5.41) is 23.8. The van der Waals surface area contributed by atoms with E-state index in [4.69, 9.17) is 16.7 Å². The first-order chi connectivity index (χ1) is 17.8. The number of allylic oxidation sites excluding steroid dienone is 1. The summed E-state index contributed by atoms with van der Waals surface area (Å²) in [6.07, 6.45) is -8.62. The SMILES string of the molecule is N#CC(=Cc1nn(Cc2cc(C(F)(F)F)cc(C(F)(F)F)c2)c2cc(Cl)ccc12)c1ccc(C(=O)O)cc1. The molecule has 1 aromatic heterocycles. The Morgan fingerprint density at radius 3 is 2.05 bits per heavy atom. The lowest BCUT2D eigenvalue weighted by atomic mass is 10.0. The maximum Gasteiger partial charge on any atom is 0.416 e. The predicted molar refractivity (Wildman–Crippen MR) is 127 cm³/mol. The van der Waals surface area contributed by atoms with Crippen molar-refractivity contribution < 1.29 is 36.2 Å². The molecule has 0 atom stereocenters. The molecule has 12 heteroatoms. The smallest absolute Gasteiger partial charge is 0.416 e. The second kappa shape index (κ2) is 9.87. The highest BCUT2D eigenvalue weighted by Gasteiger charge is 2.37. The Morgan fingerprint density at radius 1 is 0.947 bits per heavy atom. The molecular formula is C26H14ClF6N3O2. The number of rotatable bonds is 5. The van der Waals surface area contributed by atoms with Gasteiger partial charge in [0.1, 0.15) is 0 Å². The summed E-state index contributed by atoms with van der Waals surface area (Å²) in [6, 6.07) is 13.3. The van der Waals surface area contributed by atoms with Crippen LogP contribution >= 0.6 is 11.6 Å². The van der Waals surface area contributed by atoms with E-state index in [1.165, 1.54) is 47.2 Å². The summed E-state index contributed by atoms with van der Waals surface area (Å²) >= 11 is 6.09. The van der Waals surface area contributed by atoms with Crippen molar-refractivity contribution in [2.45, 2.75) is 18.9 Å². The molecule has 0 aliphatic carbocycles. The first-order valence-electron chi connectivity index (χ1n) is 10.7. The molecule has 4 aromatic rings. The molecule has 0 saturated carbocycles. The Morgan fingerprint density at radius 2 is 1.53 bits per heavy atom. The molecule has 194 valence electrons. The van der Waals surface area contributed by atoms with Gasteiger partial charge in [0.25, 0.3) is 0 Å². The van der Waals surface area contributed by atoms with E-state index in [9.17, 15) is 36.4 Å². The Balaban J connectivity index is 1.83. The number of benzene rings is 3. The van der Waals surface area contributed by atoms with Crippen molar-refractivity contribution in [2.75, 3.05) is 0 Å². The summed E-state index contributed by atoms with van der Waals surface area (Å²) in [5.74, 6) is -1.15. The van der Waals surface area contributed by atoms with Gasteiger partial charge in [-0.3, -0.25) is 4.68 Å². The van der Waals surface area contributed by atoms with Crippen molar-refractivity contribution in [3.05, 3.63) is 99.2 Å². The standard InChI is InChI=1S/C26H14ClF6N3O2/c27-20-5-6-21-22(9-17(12-34)15-1-3-16(4-2-15)24(37)38)35-36(23(21)11-20)13-14-7-18(25(28,29)30)10-19(8-14)26(31,32)33/h1-11H,13H2,(H,37,38). The molecule has 0 fully saturated rings. The zero-order valence-corrected chi connectivity index (χ0v) is 19.7. The van der Waals surface area contributed by atoms with E-state index < -0.39 is 36.0 Å². The highest BCUT2D eigenvalue weighted by Crippen LogP contribution is 2.37. The lowest BCUT2D eigenvalue weighted by Gasteiger charge is -2.14. The molecule has 0 aliphatic heterocycles. The van der Waals surface area contributed by atoms with Gasteiger partial charge in [0.2, 0.25) is 0 Å². The molecule has 3 aromatic carbocycles. The highest BCUT2D eigenvalue weighted by molar-refractivity contribution is 6.31. The van der Waals surface area contributed by atoms with Gasteiger partial charge in [0.15, 0.2) is 0 Å². The molecule has 1 heterocycles. The Labute approximate surface area is 215 Å². The number of fused-ring (bicyclic) bond motifs is 1. The van der Waals surface area contributed by atoms with Gasteiger partial charge in [-0.05, 0) is 65.7 Å². The summed E-state index contributed by atoms with van der Waals surface area (Å²) in [7, 11) is 0. The highest BCUT2D eigenvalue weighted by atomic mass is 35.5. The number of aromatic carboxylic acids is 1. The van der Waals surface area contributed by atoms with Crippen LogP contribution < -0.4 is 0 Å². The van der Waals surface area contributed by atoms with E-state index in [0.29, 0.717) is 28.6 Å². The Bertz CT molecular complexity index is 1580. The van der Waals surface area contributed by atoms with Gasteiger partial charge in [-0.2, -0.15) is 36.7 Å². The summed E-state index contributed by atoms with van der Waals surface area (Å²) in [5.41, 5.74) is -2.19. The van der Waals surface area contributed by atoms with E-state index in [0.717, 1.165) is 0 Å². The van der Waals surface area contributed by atoms with Crippen LogP contribution in [0.2, 0.25) is 5.02 Å². The number of halogens is 7. The average molecular weight is 550 g/mol. The number of carboxylic acids is 1. The Hall–Kier alpha value is -4.30. The van der Waals surface area contributed by atoms with Crippen LogP contribution in [-0.4, -0.2) is 20.9 Å². The molecular weight excluding hydrogens is 536 g/mol. The zero-order chi connectivity index (χ0) is 27.8. The van der Waals surface area contributed by atoms with Crippen LogP contribution in [0.25, 0.3) is 22.6 Å². The largest absolute Gasteiger partial charge is 0.478 e. The van der Waals surface area contributed by atoms with Gasteiger partial charge in [0, 0.05) is 10.4 Å². The van der Waals surface area contributed by atoms with Gasteiger partial charge >= 0.3 is 18.3 Å². The molecule has 0 amide bonds. The number of carbonyl (C=O) groups is 1. The van der Waals surface area contributed by atoms with E-state index in [-0.39, 0.29) is 33.5 Å². The monoisotopic (exact) mass is 549 g/mol. The maximum atomic E-state index is 13.3. The summed E-state index contributed by atoms with van der Waals surface area (Å²) in [6.45, 7) is -0.452. The lowest BCUT2D eigenvalue weighted by Crippen LogP contribution is -2.13. The van der Waals surface area contributed by atoms with Gasteiger partial charge in [-0.25, -0.2) is 4.79 Å². The second-order valence-electron chi connectivity index (χ2n) is 8.17. The van der Waals surface area contributed by atoms with E-state index >= 15 is 0 Å². The van der Waals surface area contributed by atoms with Crippen molar-refractivity contribution >= 4 is 40.1 Å². The zero-order valence-electron chi connectivity index (χ0n) is 18.9. The van der Waals surface area contributed by atoms with Crippen molar-refractivity contribution in [1.29, 1.82) is 5.26 Å². The maximum absolute atomic E-state index is 13.3. The number of aromatic nitrogens is 2. The topological polar surface area (TPSA) is 78.9 Å². The fourth-order valence-electron chi connectivity index (χ4n) is 3.79. The fraction of sp³-hybridized carbons (Fsp3) is 0.115. The minimum absolute atomic E-state index is 0.00900. The third-order valence-corrected chi connectivity index (χ3v) is 5.80. The molecule has 0 bridgehead atoms. The number of carboxylic acid groups (broad SMARTS) is 1. The number of alkyl halides is 6. The van der Waals surface area contributed by atoms with Crippen molar-refractivity contribution in [3.63, 3.8) is 0 Å². The second-order valence-corrected chi connectivity index (χ2v) is 8.61. The quantitative estimate of drug-likeness (QED) is 0.206. The lowest BCUT2D eigenvalue weighted by molar-refractivity contribution is -0.143. The van der Waals surface area contributed by atoms with Gasteiger partial charge in [-0.15, -0.1) is 0 Å². The number of hydrogen-bond acceptors (Lipinski definition) is 3. The first-order valence-corrected chi connectivity index (χ1v) is 11.0. The van der Waals surface area contributed by atoms with Gasteiger partial charge < -0.3 is 5.11 Å². The van der Waals surface area contributed by atoms with Gasteiger partial charge in [-0.1, -0.05) is 23.7 Å². The predicted octanol–water partition coefficient (Wildman–Crippen LogP) is 7.54. The third-order valence-electron chi connectivity index (χ3n) is 5.57. The molecule has 1 N–H and O–H groups in total. The molecule has 0 radical (unpaired) electrons. The number of hydrogen-bond donors (Lipinski definition) is 1. The third kappa shape index (κ3) is 5.65. The van der Waals surface area contributed by atoms with Crippen molar-refractivity contribution in [3.8, 4) is 6.07 Å². The molecule has 0 spiro atoms. The van der Waals surface area contributed by atoms with E-state index in [2.05, 4.69) is 5.10 Å². The summed E-state index contributed by atoms with van der Waals surface area (Å²) in [4.78, 5) is 11.1. The van der Waals surface area contributed by atoms with Crippen LogP contribution in [0.1, 0.15) is 38.3 Å². The molecule has 0 aliphatic rings. The molecule has 0 unspecified atom stereocenters. The van der Waals surface area contributed by atoms with Crippen LogP contribution in [0.15, 0.2) is 60.7 Å². The van der Waals surface area contributed by atoms with Crippen molar-refractivity contribution in [2.24, 2.45) is 0 Å². The summed E-state index contributed by atoms with van der Waals surface area (Å²) < 4.78 is 81.1. The average Bonchev–Trinajstić information content (AvgIpc) is 3.17. The molecule has 4 rings (SSSR count). The van der Waals surface area contributed by atoms with Crippen LogP contribution in [0.3, 0.4) is 0 Å². The van der Waals surface area contributed by atoms with E-state index in [1.807, 2.05) is 6.07 Å². The van der Waals surface area contributed by atoms with Crippen LogP contribution in [-0.2, 0) is 18.9 Å². The fourth-order valence-corrected chi connectivity index (χ4v) is 3.96. The van der Waals surface area contributed by atoms with Crippen LogP contribution in [0.4, 0.5) is 26.3 Å². The van der Waals surface area contributed by atoms with Gasteiger partial charge in [0.05, 0.1) is 46.1 Å². The number of nitrogens with zero attached hydrogens (tertiary/aromatic N) is 3. The minimum atomic E-state index is -5.00. The van der Waals surface area contributed by atoms with E-state index in [1.54, 1.807) is 6.07 Å². The first kappa shape index (κ1) is 26.8. The Kier molecular flexibility index (Phi) is 6.95. The molecule has 0 saturated heterocycles. The molecule has 5 nitrogen and oxygen atoms in total. The normalized spacial score (nSPS) is 12.5. The minimum Gasteiger partial charge on any atom is -0.478 e.